The van der Waals surface area contributed by atoms with E-state index in [-0.39, 0.29) is 0 Å². The van der Waals surface area contributed by atoms with Gasteiger partial charge in [-0.2, -0.15) is 0 Å². The molecule has 0 radical (unpaired) electrons. The van der Waals surface area contributed by atoms with Crippen molar-refractivity contribution in [2.24, 2.45) is 0 Å². The Morgan fingerprint density at radius 1 is 1.31 bits per heavy atom. The van der Waals surface area contributed by atoms with Crippen LogP contribution in [0.5, 0.6) is 5.75 Å². The number of hydrogen-bond donors (Lipinski definition) is 1. The molecule has 1 aromatic rings. The van der Waals surface area contributed by atoms with Crippen molar-refractivity contribution in [1.29, 1.82) is 0 Å². The van der Waals surface area contributed by atoms with Crippen LogP contribution >= 0.6 is 11.6 Å². The first-order chi connectivity index (χ1) is 7.75. The van der Waals surface area contributed by atoms with Crippen LogP contribution in [0.25, 0.3) is 0 Å². The molecule has 16 heavy (non-hydrogen) atoms. The molecule has 1 aliphatic heterocycles. The summed E-state index contributed by atoms with van der Waals surface area (Å²) < 4.78 is 5.63. The fourth-order valence-electron chi connectivity index (χ4n) is 1.92. The maximum Gasteiger partial charge on any atom is 0.140 e. The molecule has 88 valence electrons. The standard InChI is InChI=1S/C12H17ClN2O/c13-11-4-3-10(14)9-12(11)16-8-7-15-5-1-2-6-15/h3-4,9H,1-2,5-8,14H2. The molecule has 0 unspecified atom stereocenters. The summed E-state index contributed by atoms with van der Waals surface area (Å²) in [6, 6.07) is 5.31. The van der Waals surface area contributed by atoms with Gasteiger partial charge in [0.1, 0.15) is 12.4 Å². The predicted molar refractivity (Wildman–Crippen MR) is 67.0 cm³/mol. The highest BCUT2D eigenvalue weighted by Gasteiger charge is 2.11. The molecule has 1 saturated heterocycles. The van der Waals surface area contributed by atoms with Crippen LogP contribution in [0.2, 0.25) is 5.02 Å². The van der Waals surface area contributed by atoms with Gasteiger partial charge in [-0.1, -0.05) is 11.6 Å². The number of benzene rings is 1. The molecule has 2 N–H and O–H groups in total. The van der Waals surface area contributed by atoms with Gasteiger partial charge in [-0.15, -0.1) is 0 Å². The number of hydrogen-bond acceptors (Lipinski definition) is 3. The van der Waals surface area contributed by atoms with Crippen molar-refractivity contribution in [1.82, 2.24) is 4.90 Å². The van der Waals surface area contributed by atoms with E-state index in [4.69, 9.17) is 22.1 Å². The van der Waals surface area contributed by atoms with Gasteiger partial charge in [0, 0.05) is 18.3 Å². The maximum absolute atomic E-state index is 6.00. The molecule has 2 rings (SSSR count). The van der Waals surface area contributed by atoms with Gasteiger partial charge in [0.25, 0.3) is 0 Å². The van der Waals surface area contributed by atoms with E-state index in [9.17, 15) is 0 Å². The number of nitrogens with two attached hydrogens (primary N) is 1. The largest absolute Gasteiger partial charge is 0.491 e. The normalized spacial score (nSPS) is 16.6. The second kappa shape index (κ2) is 5.41. The van der Waals surface area contributed by atoms with Gasteiger partial charge in [-0.25, -0.2) is 0 Å². The van der Waals surface area contributed by atoms with E-state index in [2.05, 4.69) is 4.90 Å². The third-order valence-corrected chi connectivity index (χ3v) is 3.13. The molecule has 0 bridgehead atoms. The summed E-state index contributed by atoms with van der Waals surface area (Å²) >= 11 is 6.00. The van der Waals surface area contributed by atoms with Crippen LogP contribution in [-0.4, -0.2) is 31.1 Å². The molecule has 1 heterocycles. The minimum atomic E-state index is 0.621. The Morgan fingerprint density at radius 3 is 2.81 bits per heavy atom. The number of rotatable bonds is 4. The molecule has 0 spiro atoms. The third-order valence-electron chi connectivity index (χ3n) is 2.82. The molecule has 1 fully saturated rings. The summed E-state index contributed by atoms with van der Waals surface area (Å²) in [7, 11) is 0. The number of ether oxygens (including phenoxy) is 1. The molecule has 1 aromatic carbocycles. The second-order valence-electron chi connectivity index (χ2n) is 4.09. The highest BCUT2D eigenvalue weighted by atomic mass is 35.5. The van der Waals surface area contributed by atoms with Gasteiger partial charge >= 0.3 is 0 Å². The number of anilines is 1. The van der Waals surface area contributed by atoms with E-state index in [0.717, 1.165) is 6.54 Å². The molecule has 0 saturated carbocycles. The first kappa shape index (κ1) is 11.6. The zero-order chi connectivity index (χ0) is 11.4. The second-order valence-corrected chi connectivity index (χ2v) is 4.49. The monoisotopic (exact) mass is 240 g/mol. The predicted octanol–water partition coefficient (Wildman–Crippen LogP) is 2.40. The van der Waals surface area contributed by atoms with Crippen LogP contribution in [0.4, 0.5) is 5.69 Å². The van der Waals surface area contributed by atoms with Crippen LogP contribution in [0, 0.1) is 0 Å². The van der Waals surface area contributed by atoms with Crippen molar-refractivity contribution < 1.29 is 4.74 Å². The van der Waals surface area contributed by atoms with Crippen molar-refractivity contribution in [3.8, 4) is 5.75 Å². The maximum atomic E-state index is 6.00. The molecule has 0 aliphatic carbocycles. The van der Waals surface area contributed by atoms with Crippen molar-refractivity contribution >= 4 is 17.3 Å². The topological polar surface area (TPSA) is 38.5 Å². The Labute approximate surface area is 101 Å². The minimum Gasteiger partial charge on any atom is -0.491 e. The summed E-state index contributed by atoms with van der Waals surface area (Å²) in [6.45, 7) is 4.01. The van der Waals surface area contributed by atoms with Gasteiger partial charge in [0.05, 0.1) is 5.02 Å². The Kier molecular flexibility index (Phi) is 3.91. The zero-order valence-electron chi connectivity index (χ0n) is 9.29. The number of nitrogens with zero attached hydrogens (tertiary/aromatic N) is 1. The molecular formula is C12H17ClN2O. The van der Waals surface area contributed by atoms with Crippen LogP contribution in [0.1, 0.15) is 12.8 Å². The summed E-state index contributed by atoms with van der Waals surface area (Å²) in [6.07, 6.45) is 2.61. The highest BCUT2D eigenvalue weighted by molar-refractivity contribution is 6.32. The molecule has 3 nitrogen and oxygen atoms in total. The van der Waals surface area contributed by atoms with E-state index < -0.39 is 0 Å². The lowest BCUT2D eigenvalue weighted by Crippen LogP contribution is -2.25. The lowest BCUT2D eigenvalue weighted by Gasteiger charge is -2.15. The Bertz CT molecular complexity index is 351. The Balaban J connectivity index is 1.82. The SMILES string of the molecule is Nc1ccc(Cl)c(OCCN2CCCC2)c1. The number of nitrogen functional groups attached to an aromatic ring is 1. The fraction of sp³-hybridized carbons (Fsp3) is 0.500. The zero-order valence-corrected chi connectivity index (χ0v) is 10.0. The number of halogens is 1. The lowest BCUT2D eigenvalue weighted by molar-refractivity contribution is 0.238. The summed E-state index contributed by atoms with van der Waals surface area (Å²) in [4.78, 5) is 2.40. The molecule has 4 heteroatoms. The van der Waals surface area contributed by atoms with Crippen LogP contribution in [0.15, 0.2) is 18.2 Å². The number of likely N-dealkylation sites (tertiary alicyclic amines) is 1. The van der Waals surface area contributed by atoms with Crippen LogP contribution < -0.4 is 10.5 Å². The highest BCUT2D eigenvalue weighted by Crippen LogP contribution is 2.26. The summed E-state index contributed by atoms with van der Waals surface area (Å²) in [5.41, 5.74) is 6.35. The van der Waals surface area contributed by atoms with Crippen LogP contribution in [-0.2, 0) is 0 Å². The third kappa shape index (κ3) is 3.03. The van der Waals surface area contributed by atoms with E-state index in [1.54, 1.807) is 18.2 Å². The van der Waals surface area contributed by atoms with Crippen molar-refractivity contribution in [2.45, 2.75) is 12.8 Å². The van der Waals surface area contributed by atoms with Gasteiger partial charge in [-0.05, 0) is 38.1 Å². The van der Waals surface area contributed by atoms with Crippen molar-refractivity contribution in [3.05, 3.63) is 23.2 Å². The van der Waals surface area contributed by atoms with Crippen LogP contribution in [0.3, 0.4) is 0 Å². The molecule has 0 aromatic heterocycles. The average Bonchev–Trinajstić information content (AvgIpc) is 2.76. The van der Waals surface area contributed by atoms with E-state index >= 15 is 0 Å². The fourth-order valence-corrected chi connectivity index (χ4v) is 2.09. The first-order valence-electron chi connectivity index (χ1n) is 5.66. The molecule has 0 atom stereocenters. The van der Waals surface area contributed by atoms with E-state index in [0.29, 0.717) is 23.1 Å². The average molecular weight is 241 g/mol. The minimum absolute atomic E-state index is 0.621. The smallest absolute Gasteiger partial charge is 0.140 e. The van der Waals surface area contributed by atoms with E-state index in [1.807, 2.05) is 0 Å². The van der Waals surface area contributed by atoms with Gasteiger partial charge < -0.3 is 10.5 Å². The molecule has 1 aliphatic rings. The van der Waals surface area contributed by atoms with E-state index in [1.165, 1.54) is 25.9 Å². The molecular weight excluding hydrogens is 224 g/mol. The van der Waals surface area contributed by atoms with Crippen molar-refractivity contribution in [3.63, 3.8) is 0 Å². The molecule has 0 amide bonds. The van der Waals surface area contributed by atoms with Gasteiger partial charge in [0.15, 0.2) is 0 Å². The van der Waals surface area contributed by atoms with Crippen molar-refractivity contribution in [2.75, 3.05) is 32.0 Å². The van der Waals surface area contributed by atoms with Gasteiger partial charge in [-0.3, -0.25) is 4.90 Å². The lowest BCUT2D eigenvalue weighted by atomic mass is 10.3. The Hall–Kier alpha value is -0.930. The van der Waals surface area contributed by atoms with Gasteiger partial charge in [0.2, 0.25) is 0 Å². The Morgan fingerprint density at radius 2 is 2.06 bits per heavy atom. The first-order valence-corrected chi connectivity index (χ1v) is 6.04. The summed E-state index contributed by atoms with van der Waals surface area (Å²) in [5, 5.41) is 0.621. The summed E-state index contributed by atoms with van der Waals surface area (Å²) in [5.74, 6) is 0.681. The quantitative estimate of drug-likeness (QED) is 0.822.